The van der Waals surface area contributed by atoms with Gasteiger partial charge in [-0.2, -0.15) is 0 Å². The van der Waals surface area contributed by atoms with Gasteiger partial charge in [-0.25, -0.2) is 0 Å². The lowest BCUT2D eigenvalue weighted by molar-refractivity contribution is -0.167. The number of ether oxygens (including phenoxy) is 3. The van der Waals surface area contributed by atoms with Crippen LogP contribution in [0.15, 0.2) is 0 Å². The fourth-order valence-corrected chi connectivity index (χ4v) is 7.76. The van der Waals surface area contributed by atoms with Gasteiger partial charge < -0.3 is 14.2 Å². The molecule has 0 amide bonds. The summed E-state index contributed by atoms with van der Waals surface area (Å²) in [5.41, 5.74) is 0. The molecule has 0 aliphatic rings. The van der Waals surface area contributed by atoms with E-state index in [0.29, 0.717) is 19.3 Å². The van der Waals surface area contributed by atoms with Crippen molar-refractivity contribution in [2.24, 2.45) is 17.8 Å². The first-order valence-electron chi connectivity index (χ1n) is 25.6. The number of hydrogen-bond donors (Lipinski definition) is 0. The van der Waals surface area contributed by atoms with Gasteiger partial charge in [0.2, 0.25) is 0 Å². The quantitative estimate of drug-likeness (QED) is 0.0346. The Morgan fingerprint density at radius 1 is 0.293 bits per heavy atom. The zero-order valence-corrected chi connectivity index (χ0v) is 39.8. The Labute approximate surface area is 361 Å². The molecule has 0 spiro atoms. The van der Waals surface area contributed by atoms with Gasteiger partial charge in [0.1, 0.15) is 13.2 Å². The Balaban J connectivity index is 4.30. The van der Waals surface area contributed by atoms with Crippen LogP contribution in [0, 0.1) is 17.8 Å². The summed E-state index contributed by atoms with van der Waals surface area (Å²) in [6.07, 6.45) is 42.4. The molecular weight excluding hydrogens is 721 g/mol. The molecule has 0 heterocycles. The Bertz CT molecular complexity index is 898. The van der Waals surface area contributed by atoms with Crippen molar-refractivity contribution in [3.05, 3.63) is 0 Å². The van der Waals surface area contributed by atoms with Crippen LogP contribution in [0.5, 0.6) is 0 Å². The van der Waals surface area contributed by atoms with Crippen molar-refractivity contribution in [2.45, 2.75) is 285 Å². The third-order valence-corrected chi connectivity index (χ3v) is 11.6. The second-order valence-electron chi connectivity index (χ2n) is 19.2. The highest BCUT2D eigenvalue weighted by molar-refractivity contribution is 5.71. The molecular formula is C52H100O6. The van der Waals surface area contributed by atoms with E-state index in [1.54, 1.807) is 0 Å². The second kappa shape index (κ2) is 43.5. The number of rotatable bonds is 45. The normalized spacial score (nSPS) is 12.2. The van der Waals surface area contributed by atoms with E-state index in [1.807, 2.05) is 0 Å². The molecule has 0 saturated heterocycles. The SMILES string of the molecule is CC(C)CCCCCCCCCCCCCCC(=O)OC[C@@H](COC(=O)CCCCCCCCCC(C)C)OC(=O)CCCCCCCCCCCCCCC(C)C. The van der Waals surface area contributed by atoms with Crippen LogP contribution in [0.3, 0.4) is 0 Å². The van der Waals surface area contributed by atoms with Gasteiger partial charge in [0.25, 0.3) is 0 Å². The lowest BCUT2D eigenvalue weighted by Crippen LogP contribution is -2.30. The van der Waals surface area contributed by atoms with Crippen molar-refractivity contribution in [2.75, 3.05) is 13.2 Å². The monoisotopic (exact) mass is 821 g/mol. The minimum absolute atomic E-state index is 0.0651. The van der Waals surface area contributed by atoms with Crippen LogP contribution in [0.1, 0.15) is 279 Å². The summed E-state index contributed by atoms with van der Waals surface area (Å²) in [5, 5.41) is 0. The Morgan fingerprint density at radius 3 is 0.741 bits per heavy atom. The molecule has 0 unspecified atom stereocenters. The predicted molar refractivity (Wildman–Crippen MR) is 247 cm³/mol. The lowest BCUT2D eigenvalue weighted by Gasteiger charge is -2.18. The van der Waals surface area contributed by atoms with Crippen LogP contribution in [0.4, 0.5) is 0 Å². The summed E-state index contributed by atoms with van der Waals surface area (Å²) >= 11 is 0. The Kier molecular flexibility index (Phi) is 42.3. The molecule has 0 fully saturated rings. The minimum Gasteiger partial charge on any atom is -0.462 e. The summed E-state index contributed by atoms with van der Waals surface area (Å²) in [7, 11) is 0. The van der Waals surface area contributed by atoms with Gasteiger partial charge in [0, 0.05) is 19.3 Å². The van der Waals surface area contributed by atoms with Crippen molar-refractivity contribution >= 4 is 17.9 Å². The molecule has 0 aromatic heterocycles. The molecule has 0 aliphatic carbocycles. The maximum absolute atomic E-state index is 12.8. The van der Waals surface area contributed by atoms with E-state index >= 15 is 0 Å². The van der Waals surface area contributed by atoms with Gasteiger partial charge >= 0.3 is 17.9 Å². The molecule has 0 aliphatic heterocycles. The van der Waals surface area contributed by atoms with E-state index in [1.165, 1.54) is 161 Å². The Morgan fingerprint density at radius 2 is 0.500 bits per heavy atom. The van der Waals surface area contributed by atoms with E-state index in [9.17, 15) is 14.4 Å². The topological polar surface area (TPSA) is 78.9 Å². The molecule has 1 atom stereocenters. The molecule has 0 saturated carbocycles. The molecule has 0 radical (unpaired) electrons. The molecule has 344 valence electrons. The molecule has 0 aromatic rings. The molecule has 0 bridgehead atoms. The molecule has 6 heteroatoms. The van der Waals surface area contributed by atoms with Gasteiger partial charge in [0.05, 0.1) is 0 Å². The number of carbonyl (C=O) groups is 3. The van der Waals surface area contributed by atoms with Crippen molar-refractivity contribution in [3.63, 3.8) is 0 Å². The predicted octanol–water partition coefficient (Wildman–Crippen LogP) is 16.4. The van der Waals surface area contributed by atoms with Gasteiger partial charge in [-0.05, 0) is 37.0 Å². The maximum Gasteiger partial charge on any atom is 0.306 e. The fourth-order valence-electron chi connectivity index (χ4n) is 7.76. The number of carbonyl (C=O) groups excluding carboxylic acids is 3. The molecule has 0 aromatic carbocycles. The first-order chi connectivity index (χ1) is 28.1. The summed E-state index contributed by atoms with van der Waals surface area (Å²) in [4.78, 5) is 37.9. The highest BCUT2D eigenvalue weighted by Gasteiger charge is 2.19. The molecule has 58 heavy (non-hydrogen) atoms. The number of esters is 3. The van der Waals surface area contributed by atoms with Gasteiger partial charge in [-0.3, -0.25) is 14.4 Å². The molecule has 0 N–H and O–H groups in total. The fraction of sp³-hybridized carbons (Fsp3) is 0.942. The van der Waals surface area contributed by atoms with Crippen molar-refractivity contribution in [3.8, 4) is 0 Å². The highest BCUT2D eigenvalue weighted by atomic mass is 16.6. The summed E-state index contributed by atoms with van der Waals surface area (Å²) in [6.45, 7) is 13.7. The van der Waals surface area contributed by atoms with Crippen LogP contribution >= 0.6 is 0 Å². The number of hydrogen-bond acceptors (Lipinski definition) is 6. The summed E-state index contributed by atoms with van der Waals surface area (Å²) in [6, 6.07) is 0. The van der Waals surface area contributed by atoms with Crippen LogP contribution in [0.2, 0.25) is 0 Å². The van der Waals surface area contributed by atoms with E-state index < -0.39 is 6.10 Å². The van der Waals surface area contributed by atoms with Crippen molar-refractivity contribution in [1.82, 2.24) is 0 Å². The van der Waals surface area contributed by atoms with Gasteiger partial charge in [0.15, 0.2) is 6.10 Å². The standard InChI is InChI=1S/C52H100O6/c1-46(2)38-32-26-20-15-11-7-9-13-17-23-29-35-41-50(53)56-44-49(45-57-51(54)42-36-30-25-19-22-28-34-40-48(5)6)58-52(55)43-37-31-24-18-14-10-8-12-16-21-27-33-39-47(3)4/h46-49H,7-45H2,1-6H3/t49-/m0/s1. The van der Waals surface area contributed by atoms with E-state index in [0.717, 1.165) is 75.5 Å². The largest absolute Gasteiger partial charge is 0.462 e. The Hall–Kier alpha value is -1.59. The molecule has 6 nitrogen and oxygen atoms in total. The van der Waals surface area contributed by atoms with Crippen molar-refractivity contribution < 1.29 is 28.6 Å². The van der Waals surface area contributed by atoms with E-state index in [-0.39, 0.29) is 31.1 Å². The molecule has 0 rings (SSSR count). The second-order valence-corrected chi connectivity index (χ2v) is 19.2. The van der Waals surface area contributed by atoms with Gasteiger partial charge in [-0.1, -0.05) is 241 Å². The van der Waals surface area contributed by atoms with Crippen LogP contribution in [-0.4, -0.2) is 37.2 Å². The first kappa shape index (κ1) is 56.4. The summed E-state index contributed by atoms with van der Waals surface area (Å²) < 4.78 is 16.8. The van der Waals surface area contributed by atoms with Crippen LogP contribution in [-0.2, 0) is 28.6 Å². The van der Waals surface area contributed by atoms with Crippen LogP contribution < -0.4 is 0 Å². The maximum atomic E-state index is 12.8. The van der Waals surface area contributed by atoms with Crippen LogP contribution in [0.25, 0.3) is 0 Å². The third-order valence-electron chi connectivity index (χ3n) is 11.6. The minimum atomic E-state index is -0.763. The van der Waals surface area contributed by atoms with Crippen molar-refractivity contribution in [1.29, 1.82) is 0 Å². The highest BCUT2D eigenvalue weighted by Crippen LogP contribution is 2.17. The van der Waals surface area contributed by atoms with Gasteiger partial charge in [-0.15, -0.1) is 0 Å². The summed E-state index contributed by atoms with van der Waals surface area (Å²) in [5.74, 6) is 1.59. The zero-order chi connectivity index (χ0) is 42.7. The zero-order valence-electron chi connectivity index (χ0n) is 39.8. The number of unbranched alkanes of at least 4 members (excludes halogenated alkanes) is 28. The lowest BCUT2D eigenvalue weighted by atomic mass is 10.0. The third kappa shape index (κ3) is 45.5. The van der Waals surface area contributed by atoms with E-state index in [2.05, 4.69) is 41.5 Å². The smallest absolute Gasteiger partial charge is 0.306 e. The average molecular weight is 821 g/mol. The average Bonchev–Trinajstić information content (AvgIpc) is 3.18. The first-order valence-corrected chi connectivity index (χ1v) is 25.6. The van der Waals surface area contributed by atoms with E-state index in [4.69, 9.17) is 14.2 Å².